The first-order valence-corrected chi connectivity index (χ1v) is 11.8. The first kappa shape index (κ1) is 26.0. The topological polar surface area (TPSA) is 29.5 Å². The number of ether oxygens (including phenoxy) is 1. The van der Waals surface area contributed by atoms with Crippen molar-refractivity contribution in [3.8, 4) is 5.75 Å². The Morgan fingerprint density at radius 1 is 0.900 bits per heavy atom. The van der Waals surface area contributed by atoms with Crippen molar-refractivity contribution < 1.29 is 9.84 Å². The molecule has 0 atom stereocenters. The van der Waals surface area contributed by atoms with E-state index in [0.717, 1.165) is 50.0 Å². The summed E-state index contributed by atoms with van der Waals surface area (Å²) in [6, 6.07) is 6.32. The zero-order chi connectivity index (χ0) is 21.7. The highest BCUT2D eigenvalue weighted by atomic mass is 16.5. The van der Waals surface area contributed by atoms with Crippen LogP contribution in [0.4, 0.5) is 0 Å². The molecule has 0 bridgehead atoms. The highest BCUT2D eigenvalue weighted by Gasteiger charge is 2.07. The summed E-state index contributed by atoms with van der Waals surface area (Å²) < 4.78 is 5.99. The van der Waals surface area contributed by atoms with E-state index in [-0.39, 0.29) is 6.61 Å². The zero-order valence-corrected chi connectivity index (χ0v) is 19.0. The van der Waals surface area contributed by atoms with Gasteiger partial charge in [-0.2, -0.15) is 0 Å². The molecule has 0 spiro atoms. The highest BCUT2D eigenvalue weighted by molar-refractivity contribution is 5.61. The van der Waals surface area contributed by atoms with E-state index >= 15 is 0 Å². The number of allylic oxidation sites excluding steroid dienone is 5. The van der Waals surface area contributed by atoms with E-state index in [1.807, 2.05) is 18.2 Å². The Morgan fingerprint density at radius 2 is 1.67 bits per heavy atom. The van der Waals surface area contributed by atoms with Gasteiger partial charge in [0.2, 0.25) is 0 Å². The molecule has 1 aromatic carbocycles. The second kappa shape index (κ2) is 18.9. The van der Waals surface area contributed by atoms with Gasteiger partial charge in [0.05, 0.1) is 13.2 Å². The normalized spacial score (nSPS) is 11.8. The molecule has 0 amide bonds. The van der Waals surface area contributed by atoms with Crippen LogP contribution in [0.2, 0.25) is 0 Å². The quantitative estimate of drug-likeness (QED) is 0.197. The van der Waals surface area contributed by atoms with E-state index in [4.69, 9.17) is 4.74 Å². The van der Waals surface area contributed by atoms with Crippen molar-refractivity contribution in [2.75, 3.05) is 13.2 Å². The van der Waals surface area contributed by atoms with Crippen molar-refractivity contribution in [1.29, 1.82) is 0 Å². The number of benzene rings is 1. The molecule has 166 valence electrons. The van der Waals surface area contributed by atoms with Crippen LogP contribution in [-0.2, 0) is 6.42 Å². The van der Waals surface area contributed by atoms with Gasteiger partial charge in [0.1, 0.15) is 5.75 Å². The van der Waals surface area contributed by atoms with Crippen LogP contribution in [0, 0.1) is 0 Å². The van der Waals surface area contributed by atoms with Gasteiger partial charge in [0.15, 0.2) is 0 Å². The molecule has 0 aliphatic carbocycles. The molecule has 0 heterocycles. The van der Waals surface area contributed by atoms with Gasteiger partial charge in [0, 0.05) is 5.56 Å². The Bertz CT molecular complexity index is 640. The second-order valence-corrected chi connectivity index (χ2v) is 7.63. The summed E-state index contributed by atoms with van der Waals surface area (Å²) in [4.78, 5) is 0. The average molecular weight is 411 g/mol. The van der Waals surface area contributed by atoms with Crippen LogP contribution >= 0.6 is 0 Å². The number of aliphatic hydroxyl groups is 1. The van der Waals surface area contributed by atoms with Crippen LogP contribution in [0.5, 0.6) is 5.75 Å². The minimum Gasteiger partial charge on any atom is -0.493 e. The summed E-state index contributed by atoms with van der Waals surface area (Å²) in [5, 5.41) is 9.18. The highest BCUT2D eigenvalue weighted by Crippen LogP contribution is 2.26. The SMILES string of the molecule is C=CC/C=C\C/C=C\CCCCCCCc1cccc(OCCCC)c1/C=C/CO. The van der Waals surface area contributed by atoms with E-state index < -0.39 is 0 Å². The van der Waals surface area contributed by atoms with Gasteiger partial charge in [-0.15, -0.1) is 6.58 Å². The molecule has 0 aliphatic heterocycles. The minimum atomic E-state index is 0.0578. The molecule has 0 aliphatic rings. The monoisotopic (exact) mass is 410 g/mol. The van der Waals surface area contributed by atoms with Crippen LogP contribution in [0.25, 0.3) is 6.08 Å². The van der Waals surface area contributed by atoms with E-state index in [0.29, 0.717) is 0 Å². The summed E-state index contributed by atoms with van der Waals surface area (Å²) in [7, 11) is 0. The lowest BCUT2D eigenvalue weighted by molar-refractivity contribution is 0.308. The van der Waals surface area contributed by atoms with E-state index in [9.17, 15) is 5.11 Å². The van der Waals surface area contributed by atoms with Gasteiger partial charge in [0.25, 0.3) is 0 Å². The van der Waals surface area contributed by atoms with Crippen molar-refractivity contribution in [3.05, 3.63) is 72.4 Å². The number of unbranched alkanes of at least 4 members (excludes halogenated alkanes) is 6. The molecule has 0 fully saturated rings. The lowest BCUT2D eigenvalue weighted by Gasteiger charge is -2.13. The van der Waals surface area contributed by atoms with E-state index in [2.05, 4.69) is 49.9 Å². The fourth-order valence-electron chi connectivity index (χ4n) is 3.31. The van der Waals surface area contributed by atoms with Crippen LogP contribution in [0.1, 0.15) is 82.3 Å². The maximum atomic E-state index is 9.18. The number of hydrogen-bond donors (Lipinski definition) is 1. The van der Waals surface area contributed by atoms with Crippen molar-refractivity contribution >= 4 is 6.08 Å². The third-order valence-corrected chi connectivity index (χ3v) is 5.03. The van der Waals surface area contributed by atoms with Crippen LogP contribution < -0.4 is 4.74 Å². The molecule has 0 saturated heterocycles. The lowest BCUT2D eigenvalue weighted by Crippen LogP contribution is -2.01. The average Bonchev–Trinajstić information content (AvgIpc) is 2.76. The molecular formula is C28H42O2. The van der Waals surface area contributed by atoms with Gasteiger partial charge in [-0.1, -0.05) is 87.3 Å². The number of hydrogen-bond acceptors (Lipinski definition) is 2. The second-order valence-electron chi connectivity index (χ2n) is 7.63. The fourth-order valence-corrected chi connectivity index (χ4v) is 3.31. The maximum absolute atomic E-state index is 9.18. The van der Waals surface area contributed by atoms with Crippen LogP contribution in [-0.4, -0.2) is 18.3 Å². The molecular weight excluding hydrogens is 368 g/mol. The van der Waals surface area contributed by atoms with Crippen molar-refractivity contribution in [1.82, 2.24) is 0 Å². The zero-order valence-electron chi connectivity index (χ0n) is 19.0. The van der Waals surface area contributed by atoms with Crippen molar-refractivity contribution in [2.45, 2.75) is 77.6 Å². The Labute approximate surface area is 185 Å². The third kappa shape index (κ3) is 12.5. The lowest BCUT2D eigenvalue weighted by atomic mass is 9.99. The molecule has 1 rings (SSSR count). The van der Waals surface area contributed by atoms with Crippen molar-refractivity contribution in [3.63, 3.8) is 0 Å². The smallest absolute Gasteiger partial charge is 0.126 e. The Hall–Kier alpha value is -2.06. The van der Waals surface area contributed by atoms with E-state index in [1.165, 1.54) is 44.1 Å². The van der Waals surface area contributed by atoms with Crippen molar-refractivity contribution in [2.24, 2.45) is 0 Å². The Morgan fingerprint density at radius 3 is 2.47 bits per heavy atom. The summed E-state index contributed by atoms with van der Waals surface area (Å²) in [5.74, 6) is 0.941. The van der Waals surface area contributed by atoms with Crippen LogP contribution in [0.3, 0.4) is 0 Å². The number of aryl methyl sites for hydroxylation is 1. The van der Waals surface area contributed by atoms with Gasteiger partial charge in [-0.05, 0) is 56.6 Å². The predicted octanol–water partition coefficient (Wildman–Crippen LogP) is 7.83. The summed E-state index contributed by atoms with van der Waals surface area (Å²) >= 11 is 0. The fraction of sp³-hybridized carbons (Fsp3) is 0.500. The van der Waals surface area contributed by atoms with Gasteiger partial charge in [-0.25, -0.2) is 0 Å². The molecule has 0 unspecified atom stereocenters. The molecule has 2 nitrogen and oxygen atoms in total. The van der Waals surface area contributed by atoms with Gasteiger partial charge >= 0.3 is 0 Å². The molecule has 1 aromatic rings. The van der Waals surface area contributed by atoms with Gasteiger partial charge < -0.3 is 9.84 Å². The summed E-state index contributed by atoms with van der Waals surface area (Å²) in [6.07, 6.45) is 27.4. The number of aliphatic hydroxyl groups excluding tert-OH is 1. The minimum absolute atomic E-state index is 0.0578. The van der Waals surface area contributed by atoms with Gasteiger partial charge in [-0.3, -0.25) is 0 Å². The molecule has 0 saturated carbocycles. The predicted molar refractivity (Wildman–Crippen MR) is 132 cm³/mol. The summed E-state index contributed by atoms with van der Waals surface area (Å²) in [5.41, 5.74) is 2.45. The Balaban J connectivity index is 2.31. The Kier molecular flexibility index (Phi) is 16.4. The van der Waals surface area contributed by atoms with E-state index in [1.54, 1.807) is 6.08 Å². The first-order chi connectivity index (χ1) is 14.8. The molecule has 30 heavy (non-hydrogen) atoms. The number of rotatable bonds is 18. The molecule has 2 heteroatoms. The maximum Gasteiger partial charge on any atom is 0.126 e. The third-order valence-electron chi connectivity index (χ3n) is 5.03. The largest absolute Gasteiger partial charge is 0.493 e. The van der Waals surface area contributed by atoms with Crippen LogP contribution in [0.15, 0.2) is 61.2 Å². The molecule has 0 aromatic heterocycles. The summed E-state index contributed by atoms with van der Waals surface area (Å²) in [6.45, 7) is 6.69. The molecule has 1 N–H and O–H groups in total. The molecule has 0 radical (unpaired) electrons. The standard InChI is InChI=1S/C28H42O2/c1-3-5-7-8-9-10-11-12-13-14-15-16-17-20-26-21-18-23-28(30-25-6-4-2)27(26)22-19-24-29/h3,7-8,10-11,18-19,21-23,29H,1,4-6,9,12-17,20,24-25H2,2H3/b8-7-,11-10-,22-19+. The first-order valence-electron chi connectivity index (χ1n) is 11.8.